The number of pyridine rings is 1. The number of halogens is 1. The van der Waals surface area contributed by atoms with Crippen molar-refractivity contribution in [1.29, 1.82) is 0 Å². The highest BCUT2D eigenvalue weighted by atomic mass is 35.5. The van der Waals surface area contributed by atoms with Crippen molar-refractivity contribution < 1.29 is 8.42 Å². The highest BCUT2D eigenvalue weighted by molar-refractivity contribution is 7.92. The number of aromatic nitrogens is 1. The third-order valence-corrected chi connectivity index (χ3v) is 4.25. The third kappa shape index (κ3) is 2.97. The fraction of sp³-hybridized carbons (Fsp3) is 0.0833. The van der Waals surface area contributed by atoms with Gasteiger partial charge in [-0.3, -0.25) is 9.71 Å². The Labute approximate surface area is 116 Å². The largest absolute Gasteiger partial charge is 0.397 e. The molecule has 2 aromatic rings. The van der Waals surface area contributed by atoms with Gasteiger partial charge in [-0.2, -0.15) is 0 Å². The number of rotatable bonds is 3. The quantitative estimate of drug-likeness (QED) is 0.852. The number of hydrogen-bond acceptors (Lipinski definition) is 4. The summed E-state index contributed by atoms with van der Waals surface area (Å²) in [5, 5.41) is 0.319. The molecular weight excluding hydrogens is 286 g/mol. The monoisotopic (exact) mass is 297 g/mol. The van der Waals surface area contributed by atoms with E-state index in [-0.39, 0.29) is 10.6 Å². The first-order valence-corrected chi connectivity index (χ1v) is 7.25. The van der Waals surface area contributed by atoms with E-state index in [1.165, 1.54) is 24.4 Å². The normalized spacial score (nSPS) is 11.3. The van der Waals surface area contributed by atoms with Crippen LogP contribution in [0.25, 0.3) is 0 Å². The third-order valence-electron chi connectivity index (χ3n) is 2.54. The van der Waals surface area contributed by atoms with Crippen LogP contribution >= 0.6 is 11.6 Å². The molecule has 0 spiro atoms. The Balaban J connectivity index is 2.38. The molecule has 1 heterocycles. The lowest BCUT2D eigenvalue weighted by Crippen LogP contribution is -2.14. The summed E-state index contributed by atoms with van der Waals surface area (Å²) in [5.41, 5.74) is 7.03. The minimum atomic E-state index is -3.69. The van der Waals surface area contributed by atoms with Crippen LogP contribution in [0.4, 0.5) is 11.4 Å². The second kappa shape index (κ2) is 5.07. The molecule has 3 N–H and O–H groups in total. The van der Waals surface area contributed by atoms with E-state index in [1.807, 2.05) is 0 Å². The van der Waals surface area contributed by atoms with Crippen LogP contribution in [0.3, 0.4) is 0 Å². The van der Waals surface area contributed by atoms with Gasteiger partial charge in [0.25, 0.3) is 10.0 Å². The maximum absolute atomic E-state index is 12.2. The predicted molar refractivity (Wildman–Crippen MR) is 75.6 cm³/mol. The minimum absolute atomic E-state index is 0.0608. The Morgan fingerprint density at radius 3 is 2.68 bits per heavy atom. The molecule has 0 saturated heterocycles. The minimum Gasteiger partial charge on any atom is -0.397 e. The van der Waals surface area contributed by atoms with Crippen molar-refractivity contribution in [3.8, 4) is 0 Å². The number of sulfonamides is 1. The van der Waals surface area contributed by atoms with E-state index in [0.717, 1.165) is 5.56 Å². The molecule has 0 fully saturated rings. The van der Waals surface area contributed by atoms with Crippen LogP contribution in [0.5, 0.6) is 0 Å². The van der Waals surface area contributed by atoms with E-state index < -0.39 is 10.0 Å². The summed E-state index contributed by atoms with van der Waals surface area (Å²) in [6.45, 7) is 1.76. The number of anilines is 2. The molecule has 0 aliphatic rings. The van der Waals surface area contributed by atoms with Gasteiger partial charge in [0.2, 0.25) is 0 Å². The summed E-state index contributed by atoms with van der Waals surface area (Å²) < 4.78 is 26.9. The van der Waals surface area contributed by atoms with Crippen LogP contribution in [0.2, 0.25) is 5.02 Å². The number of aryl methyl sites for hydroxylation is 1. The number of nitrogen functional groups attached to an aromatic ring is 1. The predicted octanol–water partition coefficient (Wildman–Crippen LogP) is 2.43. The first-order valence-electron chi connectivity index (χ1n) is 5.38. The van der Waals surface area contributed by atoms with Crippen molar-refractivity contribution in [1.82, 2.24) is 4.98 Å². The maximum Gasteiger partial charge on any atom is 0.261 e. The molecule has 1 aromatic carbocycles. The topological polar surface area (TPSA) is 85.1 Å². The first-order chi connectivity index (χ1) is 8.90. The molecule has 2 rings (SSSR count). The van der Waals surface area contributed by atoms with Crippen LogP contribution in [-0.2, 0) is 10.0 Å². The van der Waals surface area contributed by atoms with E-state index in [1.54, 1.807) is 19.2 Å². The van der Waals surface area contributed by atoms with Gasteiger partial charge in [-0.1, -0.05) is 11.6 Å². The van der Waals surface area contributed by atoms with Gasteiger partial charge in [0.1, 0.15) is 0 Å². The van der Waals surface area contributed by atoms with Gasteiger partial charge in [-0.25, -0.2) is 8.42 Å². The average molecular weight is 298 g/mol. The van der Waals surface area contributed by atoms with E-state index in [2.05, 4.69) is 9.71 Å². The molecule has 0 atom stereocenters. The molecule has 0 aliphatic heterocycles. The van der Waals surface area contributed by atoms with Crippen LogP contribution in [-0.4, -0.2) is 13.4 Å². The first kappa shape index (κ1) is 13.6. The molecule has 0 saturated carbocycles. The van der Waals surface area contributed by atoms with Gasteiger partial charge < -0.3 is 5.73 Å². The summed E-state index contributed by atoms with van der Waals surface area (Å²) in [5.74, 6) is 0. The van der Waals surface area contributed by atoms with E-state index >= 15 is 0 Å². The van der Waals surface area contributed by atoms with Gasteiger partial charge in [-0.15, -0.1) is 0 Å². The molecule has 0 unspecified atom stereocenters. The molecule has 0 aliphatic carbocycles. The molecule has 0 amide bonds. The Morgan fingerprint density at radius 2 is 2.05 bits per heavy atom. The molecule has 0 radical (unpaired) electrons. The van der Waals surface area contributed by atoms with Crippen molar-refractivity contribution in [2.75, 3.05) is 10.5 Å². The summed E-state index contributed by atoms with van der Waals surface area (Å²) >= 11 is 5.77. The Morgan fingerprint density at radius 1 is 1.32 bits per heavy atom. The van der Waals surface area contributed by atoms with Crippen LogP contribution < -0.4 is 10.5 Å². The van der Waals surface area contributed by atoms with Crippen molar-refractivity contribution in [2.45, 2.75) is 11.8 Å². The standard InChI is InChI=1S/C12H12ClN3O2S/c1-8-7-15-5-4-12(8)16-19(17,18)9-2-3-10(13)11(14)6-9/h2-7H,14H2,1H3,(H,15,16). The summed E-state index contributed by atoms with van der Waals surface area (Å²) in [7, 11) is -3.69. The molecule has 7 heteroatoms. The number of hydrogen-bond donors (Lipinski definition) is 2. The second-order valence-corrected chi connectivity index (χ2v) is 6.07. The number of benzene rings is 1. The lowest BCUT2D eigenvalue weighted by molar-refractivity contribution is 0.601. The van der Waals surface area contributed by atoms with Gasteiger partial charge in [0, 0.05) is 12.4 Å². The van der Waals surface area contributed by atoms with E-state index in [9.17, 15) is 8.42 Å². The lowest BCUT2D eigenvalue weighted by Gasteiger charge is -2.10. The highest BCUT2D eigenvalue weighted by Crippen LogP contribution is 2.24. The lowest BCUT2D eigenvalue weighted by atomic mass is 10.3. The Bertz CT molecular complexity index is 717. The zero-order chi connectivity index (χ0) is 14.0. The SMILES string of the molecule is Cc1cnccc1NS(=O)(=O)c1ccc(Cl)c(N)c1. The number of nitrogens with zero attached hydrogens (tertiary/aromatic N) is 1. The smallest absolute Gasteiger partial charge is 0.261 e. The zero-order valence-corrected chi connectivity index (χ0v) is 11.7. The van der Waals surface area contributed by atoms with Crippen molar-refractivity contribution in [2.24, 2.45) is 0 Å². The van der Waals surface area contributed by atoms with E-state index in [4.69, 9.17) is 17.3 Å². The highest BCUT2D eigenvalue weighted by Gasteiger charge is 2.16. The molecule has 1 aromatic heterocycles. The molecule has 5 nitrogen and oxygen atoms in total. The summed E-state index contributed by atoms with van der Waals surface area (Å²) in [6.07, 6.45) is 3.09. The fourth-order valence-corrected chi connectivity index (χ4v) is 2.76. The zero-order valence-electron chi connectivity index (χ0n) is 10.1. The number of nitrogens with two attached hydrogens (primary N) is 1. The van der Waals surface area contributed by atoms with Gasteiger partial charge >= 0.3 is 0 Å². The fourth-order valence-electron chi connectivity index (χ4n) is 1.48. The Kier molecular flexibility index (Phi) is 3.64. The van der Waals surface area contributed by atoms with Gasteiger partial charge in [-0.05, 0) is 36.8 Å². The van der Waals surface area contributed by atoms with Gasteiger partial charge in [0.15, 0.2) is 0 Å². The van der Waals surface area contributed by atoms with E-state index in [0.29, 0.717) is 10.7 Å². The average Bonchev–Trinajstić information content (AvgIpc) is 2.35. The molecule has 0 bridgehead atoms. The molecular formula is C12H12ClN3O2S. The molecule has 100 valence electrons. The van der Waals surface area contributed by atoms with Crippen molar-refractivity contribution >= 4 is 33.0 Å². The second-order valence-electron chi connectivity index (χ2n) is 3.98. The van der Waals surface area contributed by atoms with Crippen molar-refractivity contribution in [3.63, 3.8) is 0 Å². The van der Waals surface area contributed by atoms with Crippen LogP contribution in [0, 0.1) is 6.92 Å². The van der Waals surface area contributed by atoms with Crippen LogP contribution in [0.1, 0.15) is 5.56 Å². The van der Waals surface area contributed by atoms with Crippen LogP contribution in [0.15, 0.2) is 41.6 Å². The number of nitrogens with one attached hydrogen (secondary N) is 1. The Hall–Kier alpha value is -1.79. The van der Waals surface area contributed by atoms with Gasteiger partial charge in [0.05, 0.1) is 21.3 Å². The molecule has 19 heavy (non-hydrogen) atoms. The van der Waals surface area contributed by atoms with Crippen molar-refractivity contribution in [3.05, 3.63) is 47.2 Å². The summed E-state index contributed by atoms with van der Waals surface area (Å²) in [6, 6.07) is 5.76. The summed E-state index contributed by atoms with van der Waals surface area (Å²) in [4.78, 5) is 3.96. The maximum atomic E-state index is 12.2.